The smallest absolute Gasteiger partial charge is 0.433 e. The van der Waals surface area contributed by atoms with Crippen LogP contribution in [0.2, 0.25) is 0 Å². The molecule has 3 rings (SSSR count). The Bertz CT molecular complexity index is 844. The third kappa shape index (κ3) is 4.15. The third-order valence-electron chi connectivity index (χ3n) is 3.90. The molecular formula is C17H12F6N2O2. The van der Waals surface area contributed by atoms with Crippen molar-refractivity contribution in [2.24, 2.45) is 0 Å². The SMILES string of the molecule is O=C(c1ccccc1C(F)(F)F)N1CC(Oc2cccc(C(F)(F)F)n2)C1. The van der Waals surface area contributed by atoms with Gasteiger partial charge in [0.15, 0.2) is 0 Å². The molecule has 1 saturated heterocycles. The topological polar surface area (TPSA) is 42.4 Å². The zero-order valence-corrected chi connectivity index (χ0v) is 13.5. The van der Waals surface area contributed by atoms with Crippen LogP contribution in [0.4, 0.5) is 26.3 Å². The number of amides is 1. The van der Waals surface area contributed by atoms with E-state index in [0.717, 1.165) is 29.2 Å². The normalized spacial score (nSPS) is 15.4. The Morgan fingerprint density at radius 1 is 0.963 bits per heavy atom. The van der Waals surface area contributed by atoms with E-state index in [0.29, 0.717) is 0 Å². The molecule has 27 heavy (non-hydrogen) atoms. The molecule has 4 nitrogen and oxygen atoms in total. The first kappa shape index (κ1) is 19.0. The van der Waals surface area contributed by atoms with Crippen molar-refractivity contribution in [3.05, 3.63) is 59.3 Å². The number of carbonyl (C=O) groups excluding carboxylic acids is 1. The molecule has 1 aromatic heterocycles. The molecule has 2 aromatic rings. The second kappa shape index (κ2) is 6.75. The molecule has 0 bridgehead atoms. The molecule has 144 valence electrons. The van der Waals surface area contributed by atoms with Crippen molar-refractivity contribution in [3.8, 4) is 5.88 Å². The van der Waals surface area contributed by atoms with Gasteiger partial charge in [0.05, 0.1) is 24.2 Å². The molecule has 10 heteroatoms. The number of benzene rings is 1. The van der Waals surface area contributed by atoms with Crippen LogP contribution in [0.5, 0.6) is 5.88 Å². The molecule has 1 aliphatic rings. The molecule has 2 heterocycles. The standard InChI is InChI=1S/C17H12F6N2O2/c18-16(19,20)12-5-2-1-4-11(12)15(26)25-8-10(9-25)27-14-7-3-6-13(24-14)17(21,22)23/h1-7,10H,8-9H2. The maximum absolute atomic E-state index is 13.0. The highest BCUT2D eigenvalue weighted by Crippen LogP contribution is 2.33. The van der Waals surface area contributed by atoms with Crippen LogP contribution in [0.3, 0.4) is 0 Å². The summed E-state index contributed by atoms with van der Waals surface area (Å²) < 4.78 is 82.1. The van der Waals surface area contributed by atoms with Crippen molar-refractivity contribution in [2.45, 2.75) is 18.5 Å². The maximum Gasteiger partial charge on any atom is 0.433 e. The summed E-state index contributed by atoms with van der Waals surface area (Å²) in [4.78, 5) is 16.8. The van der Waals surface area contributed by atoms with Crippen molar-refractivity contribution < 1.29 is 35.9 Å². The Labute approximate surface area is 149 Å². The van der Waals surface area contributed by atoms with E-state index in [-0.39, 0.29) is 19.0 Å². The number of carbonyl (C=O) groups is 1. The molecule has 1 amide bonds. The second-order valence-electron chi connectivity index (χ2n) is 5.85. The predicted molar refractivity (Wildman–Crippen MR) is 81.0 cm³/mol. The molecule has 0 unspecified atom stereocenters. The number of hydrogen-bond donors (Lipinski definition) is 0. The molecule has 1 aromatic carbocycles. The summed E-state index contributed by atoms with van der Waals surface area (Å²) in [7, 11) is 0. The quantitative estimate of drug-likeness (QED) is 0.744. The number of alkyl halides is 6. The van der Waals surface area contributed by atoms with Gasteiger partial charge in [0.1, 0.15) is 11.8 Å². The fraction of sp³-hybridized carbons (Fsp3) is 0.294. The number of ether oxygens (including phenoxy) is 1. The second-order valence-corrected chi connectivity index (χ2v) is 5.85. The van der Waals surface area contributed by atoms with E-state index in [1.807, 2.05) is 0 Å². The van der Waals surface area contributed by atoms with E-state index in [1.165, 1.54) is 18.2 Å². The fourth-order valence-corrected chi connectivity index (χ4v) is 2.57. The van der Waals surface area contributed by atoms with Gasteiger partial charge in [-0.2, -0.15) is 26.3 Å². The lowest BCUT2D eigenvalue weighted by Crippen LogP contribution is -2.56. The molecule has 1 aliphatic heterocycles. The summed E-state index contributed by atoms with van der Waals surface area (Å²) in [6, 6.07) is 7.55. The number of rotatable bonds is 3. The van der Waals surface area contributed by atoms with Gasteiger partial charge in [0, 0.05) is 6.07 Å². The molecule has 1 fully saturated rings. The Hall–Kier alpha value is -2.78. The Balaban J connectivity index is 1.65. The summed E-state index contributed by atoms with van der Waals surface area (Å²) in [6.45, 7) is -0.105. The van der Waals surface area contributed by atoms with Crippen molar-refractivity contribution in [1.29, 1.82) is 0 Å². The summed E-state index contributed by atoms with van der Waals surface area (Å²) in [5, 5.41) is 0. The highest BCUT2D eigenvalue weighted by molar-refractivity contribution is 5.96. The minimum atomic E-state index is -4.67. The van der Waals surface area contributed by atoms with Crippen molar-refractivity contribution >= 4 is 5.91 Å². The molecule has 0 N–H and O–H groups in total. The van der Waals surface area contributed by atoms with Crippen molar-refractivity contribution in [3.63, 3.8) is 0 Å². The van der Waals surface area contributed by atoms with E-state index >= 15 is 0 Å². The van der Waals surface area contributed by atoms with Gasteiger partial charge in [-0.05, 0) is 18.2 Å². The van der Waals surface area contributed by atoms with Crippen LogP contribution in [-0.4, -0.2) is 35.0 Å². The predicted octanol–water partition coefficient (Wildman–Crippen LogP) is 4.02. The third-order valence-corrected chi connectivity index (χ3v) is 3.90. The van der Waals surface area contributed by atoms with Crippen molar-refractivity contribution in [1.82, 2.24) is 9.88 Å². The maximum atomic E-state index is 13.0. The van der Waals surface area contributed by atoms with Crippen LogP contribution in [0, 0.1) is 0 Å². The fourth-order valence-electron chi connectivity index (χ4n) is 2.57. The first-order chi connectivity index (χ1) is 12.6. The first-order valence-electron chi connectivity index (χ1n) is 7.72. The van der Waals surface area contributed by atoms with Gasteiger partial charge in [0.2, 0.25) is 5.88 Å². The van der Waals surface area contributed by atoms with Gasteiger partial charge in [0.25, 0.3) is 5.91 Å². The minimum Gasteiger partial charge on any atom is -0.471 e. The number of nitrogens with zero attached hydrogens (tertiary/aromatic N) is 2. The van der Waals surface area contributed by atoms with E-state index in [2.05, 4.69) is 4.98 Å². The Morgan fingerprint density at radius 3 is 2.26 bits per heavy atom. The lowest BCUT2D eigenvalue weighted by molar-refractivity contribution is -0.141. The zero-order chi connectivity index (χ0) is 19.8. The largest absolute Gasteiger partial charge is 0.471 e. The van der Waals surface area contributed by atoms with Crippen LogP contribution in [-0.2, 0) is 12.4 Å². The van der Waals surface area contributed by atoms with E-state index in [4.69, 9.17) is 4.74 Å². The number of hydrogen-bond acceptors (Lipinski definition) is 3. The van der Waals surface area contributed by atoms with E-state index in [1.54, 1.807) is 0 Å². The van der Waals surface area contributed by atoms with Crippen LogP contribution < -0.4 is 4.74 Å². The van der Waals surface area contributed by atoms with E-state index in [9.17, 15) is 31.1 Å². The van der Waals surface area contributed by atoms with Gasteiger partial charge >= 0.3 is 12.4 Å². The lowest BCUT2D eigenvalue weighted by Gasteiger charge is -2.39. The molecule has 0 aliphatic carbocycles. The summed E-state index contributed by atoms with van der Waals surface area (Å²) in [5.41, 5.74) is -2.65. The molecule has 0 atom stereocenters. The highest BCUT2D eigenvalue weighted by Gasteiger charge is 2.39. The minimum absolute atomic E-state index is 0.0526. The Morgan fingerprint density at radius 2 is 1.63 bits per heavy atom. The molecule has 0 spiro atoms. The lowest BCUT2D eigenvalue weighted by atomic mass is 10.0. The van der Waals surface area contributed by atoms with Crippen LogP contribution in [0.25, 0.3) is 0 Å². The molecule has 0 radical (unpaired) electrons. The summed E-state index contributed by atoms with van der Waals surface area (Å²) >= 11 is 0. The average Bonchev–Trinajstić information content (AvgIpc) is 2.56. The van der Waals surface area contributed by atoms with Gasteiger partial charge in [-0.3, -0.25) is 4.79 Å². The van der Waals surface area contributed by atoms with Crippen LogP contribution >= 0.6 is 0 Å². The van der Waals surface area contributed by atoms with Crippen molar-refractivity contribution in [2.75, 3.05) is 13.1 Å². The average molecular weight is 390 g/mol. The zero-order valence-electron chi connectivity index (χ0n) is 13.5. The summed E-state index contributed by atoms with van der Waals surface area (Å²) in [5.74, 6) is -1.09. The number of halogens is 6. The molecule has 0 saturated carbocycles. The number of likely N-dealkylation sites (tertiary alicyclic amines) is 1. The van der Waals surface area contributed by atoms with Crippen LogP contribution in [0.15, 0.2) is 42.5 Å². The number of pyridine rings is 1. The highest BCUT2D eigenvalue weighted by atomic mass is 19.4. The number of aromatic nitrogens is 1. The Kier molecular flexibility index (Phi) is 4.75. The molecular weight excluding hydrogens is 378 g/mol. The van der Waals surface area contributed by atoms with Gasteiger partial charge in [-0.15, -0.1) is 0 Å². The first-order valence-corrected chi connectivity index (χ1v) is 7.72. The van der Waals surface area contributed by atoms with Gasteiger partial charge in [-0.1, -0.05) is 18.2 Å². The van der Waals surface area contributed by atoms with Gasteiger partial charge in [-0.25, -0.2) is 4.98 Å². The summed E-state index contributed by atoms with van der Waals surface area (Å²) in [6.07, 6.45) is -9.94. The van der Waals surface area contributed by atoms with Gasteiger partial charge < -0.3 is 9.64 Å². The van der Waals surface area contributed by atoms with E-state index < -0.39 is 41.2 Å². The van der Waals surface area contributed by atoms with Crippen LogP contribution in [0.1, 0.15) is 21.6 Å². The monoisotopic (exact) mass is 390 g/mol.